The van der Waals surface area contributed by atoms with Gasteiger partial charge in [0.15, 0.2) is 11.5 Å². The molecular weight excluding hydrogens is 462 g/mol. The average molecular weight is 494 g/mol. The maximum absolute atomic E-state index is 6.66. The van der Waals surface area contributed by atoms with Crippen LogP contribution in [0.4, 0.5) is 0 Å². The number of rotatable bonds is 11. The second-order valence-electron chi connectivity index (χ2n) is 8.54. The van der Waals surface area contributed by atoms with Crippen LogP contribution in [-0.4, -0.2) is 48.0 Å². The predicted octanol–water partition coefficient (Wildman–Crippen LogP) is 5.79. The normalized spacial score (nSPS) is 18.3. The monoisotopic (exact) mass is 493 g/mol. The first-order valence-corrected chi connectivity index (χ1v) is 12.3. The lowest BCUT2D eigenvalue weighted by molar-refractivity contribution is 0.000228. The van der Waals surface area contributed by atoms with Gasteiger partial charge in [0.1, 0.15) is 21.9 Å². The molecule has 2 heterocycles. The molecule has 1 aromatic heterocycles. The molecule has 0 amide bonds. The molecule has 0 aliphatic carbocycles. The van der Waals surface area contributed by atoms with Crippen molar-refractivity contribution >= 4 is 17.7 Å². The van der Waals surface area contributed by atoms with Crippen LogP contribution in [-0.2, 0) is 6.42 Å². The summed E-state index contributed by atoms with van der Waals surface area (Å²) >= 11 is 1.31. The van der Waals surface area contributed by atoms with Crippen molar-refractivity contribution in [3.8, 4) is 33.8 Å². The van der Waals surface area contributed by atoms with Crippen molar-refractivity contribution in [1.82, 2.24) is 9.36 Å². The lowest BCUT2D eigenvalue weighted by Crippen LogP contribution is -2.53. The minimum Gasteiger partial charge on any atom is -0.497 e. The molecule has 184 valence electrons. The molecule has 0 spiro atoms. The highest BCUT2D eigenvalue weighted by molar-refractivity contribution is 7.09. The van der Waals surface area contributed by atoms with Crippen LogP contribution >= 0.6 is 11.5 Å². The summed E-state index contributed by atoms with van der Waals surface area (Å²) in [6, 6.07) is 14.1. The van der Waals surface area contributed by atoms with Crippen LogP contribution in [0.3, 0.4) is 0 Å². The quantitative estimate of drug-likeness (QED) is 0.337. The van der Waals surface area contributed by atoms with Gasteiger partial charge in [-0.2, -0.15) is 4.98 Å². The summed E-state index contributed by atoms with van der Waals surface area (Å²) in [5.74, 6) is 2.19. The van der Waals surface area contributed by atoms with E-state index in [0.717, 1.165) is 34.7 Å². The van der Waals surface area contributed by atoms with Crippen molar-refractivity contribution in [3.05, 3.63) is 60.2 Å². The third kappa shape index (κ3) is 5.03. The van der Waals surface area contributed by atoms with Crippen LogP contribution < -0.4 is 18.9 Å². The maximum atomic E-state index is 6.66. The highest BCUT2D eigenvalue weighted by Crippen LogP contribution is 2.41. The molecule has 0 saturated heterocycles. The molecule has 0 saturated carbocycles. The predicted molar refractivity (Wildman–Crippen MR) is 139 cm³/mol. The fraction of sp³-hybridized carbons (Fsp3) is 0.370. The topological polar surface area (TPSA) is 75.1 Å². The van der Waals surface area contributed by atoms with E-state index in [4.69, 9.17) is 28.9 Å². The number of hydrogen-bond acceptors (Lipinski definition) is 8. The summed E-state index contributed by atoms with van der Waals surface area (Å²) in [4.78, 5) is 9.51. The van der Waals surface area contributed by atoms with Crippen molar-refractivity contribution in [2.24, 2.45) is 4.99 Å². The Balaban J connectivity index is 1.62. The lowest BCUT2D eigenvalue weighted by Gasteiger charge is -2.42. The number of allylic oxidation sites excluding steroid dienone is 1. The highest BCUT2D eigenvalue weighted by Gasteiger charge is 2.49. The highest BCUT2D eigenvalue weighted by atomic mass is 32.1. The van der Waals surface area contributed by atoms with Crippen molar-refractivity contribution < 1.29 is 18.9 Å². The number of hydrogen-bond donors (Lipinski definition) is 0. The molecule has 0 fully saturated rings. The summed E-state index contributed by atoms with van der Waals surface area (Å²) in [6.07, 6.45) is 8.11. The summed E-state index contributed by atoms with van der Waals surface area (Å²) in [5, 5.41) is 0.777. The van der Waals surface area contributed by atoms with E-state index < -0.39 is 11.1 Å². The van der Waals surface area contributed by atoms with Gasteiger partial charge < -0.3 is 18.9 Å². The Morgan fingerprint density at radius 1 is 1.00 bits per heavy atom. The van der Waals surface area contributed by atoms with E-state index >= 15 is 0 Å². The summed E-state index contributed by atoms with van der Waals surface area (Å²) < 4.78 is 27.4. The first-order valence-electron chi connectivity index (χ1n) is 11.6. The molecule has 0 radical (unpaired) electrons. The number of aliphatic imine (C=N–C) groups is 1. The third-order valence-corrected chi connectivity index (χ3v) is 7.37. The van der Waals surface area contributed by atoms with Crippen LogP contribution in [0.15, 0.2) is 59.6 Å². The molecule has 2 atom stereocenters. The fourth-order valence-corrected chi connectivity index (χ4v) is 5.03. The van der Waals surface area contributed by atoms with Crippen LogP contribution in [0.1, 0.15) is 32.3 Å². The second kappa shape index (κ2) is 10.5. The van der Waals surface area contributed by atoms with E-state index in [1.54, 1.807) is 21.3 Å². The van der Waals surface area contributed by atoms with E-state index in [9.17, 15) is 0 Å². The van der Waals surface area contributed by atoms with Gasteiger partial charge >= 0.3 is 6.01 Å². The maximum Gasteiger partial charge on any atom is 0.329 e. The Hall–Kier alpha value is -3.39. The Bertz CT molecular complexity index is 1210. The van der Waals surface area contributed by atoms with Gasteiger partial charge in [0.25, 0.3) is 0 Å². The van der Waals surface area contributed by atoms with Gasteiger partial charge in [0.05, 0.1) is 21.3 Å². The van der Waals surface area contributed by atoms with Crippen molar-refractivity contribution in [1.29, 1.82) is 0 Å². The van der Waals surface area contributed by atoms with E-state index in [1.807, 2.05) is 48.7 Å². The number of nitrogens with zero attached hydrogens (tertiary/aromatic N) is 3. The molecule has 1 aliphatic rings. The van der Waals surface area contributed by atoms with Crippen LogP contribution in [0, 0.1) is 0 Å². The zero-order valence-corrected chi connectivity index (χ0v) is 21.6. The van der Waals surface area contributed by atoms with Gasteiger partial charge in [-0.15, -0.1) is 4.37 Å². The van der Waals surface area contributed by atoms with Crippen LogP contribution in [0.2, 0.25) is 0 Å². The largest absolute Gasteiger partial charge is 0.497 e. The molecule has 3 aromatic rings. The van der Waals surface area contributed by atoms with Crippen molar-refractivity contribution in [2.75, 3.05) is 21.3 Å². The molecule has 8 heteroatoms. The average Bonchev–Trinajstić information content (AvgIpc) is 3.56. The molecule has 35 heavy (non-hydrogen) atoms. The first kappa shape index (κ1) is 24.7. The number of benzene rings is 2. The molecule has 0 N–H and O–H groups in total. The standard InChI is InChI=1S/C27H31N3O4S/c1-6-27(26(2)14-8-16-28-26,15-13-19-11-12-22(32-4)23(17-19)33-5)34-25-29-24(35-30-25)20-9-7-10-21(18-20)31-3/h7-12,14,16-18H,6,13,15H2,1-5H3. The smallest absolute Gasteiger partial charge is 0.329 e. The van der Waals surface area contributed by atoms with Crippen LogP contribution in [0.25, 0.3) is 10.6 Å². The van der Waals surface area contributed by atoms with Gasteiger partial charge in [-0.05, 0) is 73.6 Å². The lowest BCUT2D eigenvalue weighted by atomic mass is 9.76. The Morgan fingerprint density at radius 2 is 1.83 bits per heavy atom. The molecule has 7 nitrogen and oxygen atoms in total. The van der Waals surface area contributed by atoms with Gasteiger partial charge in [0.2, 0.25) is 0 Å². The van der Waals surface area contributed by atoms with E-state index in [-0.39, 0.29) is 0 Å². The van der Waals surface area contributed by atoms with Gasteiger partial charge in [-0.1, -0.05) is 31.2 Å². The Labute approximate surface area is 210 Å². The Kier molecular flexibility index (Phi) is 7.40. The zero-order valence-electron chi connectivity index (χ0n) is 20.8. The van der Waals surface area contributed by atoms with Gasteiger partial charge in [0, 0.05) is 11.8 Å². The van der Waals surface area contributed by atoms with Crippen LogP contribution in [0.5, 0.6) is 23.3 Å². The third-order valence-electron chi connectivity index (χ3n) is 6.62. The zero-order chi connectivity index (χ0) is 24.9. The van der Waals surface area contributed by atoms with Gasteiger partial charge in [-0.25, -0.2) is 0 Å². The SMILES string of the molecule is CCC(CCc1ccc(OC)c(OC)c1)(Oc1nsc(-c2cccc(OC)c2)n1)C1(C)C=CC=N1. The fourth-order valence-electron chi connectivity index (χ4n) is 4.44. The van der Waals surface area contributed by atoms with Crippen molar-refractivity contribution in [2.45, 2.75) is 44.2 Å². The van der Waals surface area contributed by atoms with E-state index in [0.29, 0.717) is 23.9 Å². The number of ether oxygens (including phenoxy) is 4. The van der Waals surface area contributed by atoms with Crippen molar-refractivity contribution in [3.63, 3.8) is 0 Å². The number of methoxy groups -OCH3 is 3. The van der Waals surface area contributed by atoms with E-state index in [2.05, 4.69) is 30.4 Å². The molecule has 1 aliphatic heterocycles. The minimum atomic E-state index is -0.642. The Morgan fingerprint density at radius 3 is 2.51 bits per heavy atom. The van der Waals surface area contributed by atoms with Gasteiger partial charge in [-0.3, -0.25) is 4.99 Å². The first-order chi connectivity index (χ1) is 17.0. The molecule has 4 rings (SSSR count). The number of aromatic nitrogens is 2. The molecule has 2 unspecified atom stereocenters. The molecular formula is C27H31N3O4S. The van der Waals surface area contributed by atoms with E-state index in [1.165, 1.54) is 11.5 Å². The molecule has 0 bridgehead atoms. The second-order valence-corrected chi connectivity index (χ2v) is 9.29. The summed E-state index contributed by atoms with van der Waals surface area (Å²) in [6.45, 7) is 4.22. The number of aryl methyl sites for hydroxylation is 1. The summed E-state index contributed by atoms with van der Waals surface area (Å²) in [5.41, 5.74) is 0.881. The minimum absolute atomic E-state index is 0.360. The summed E-state index contributed by atoms with van der Waals surface area (Å²) in [7, 11) is 4.94. The molecule has 2 aromatic carbocycles.